The molecule has 1 saturated heterocycles. The van der Waals surface area contributed by atoms with E-state index in [1.165, 1.54) is 19.1 Å². The Morgan fingerprint density at radius 3 is 2.37 bits per heavy atom. The third-order valence-electron chi connectivity index (χ3n) is 6.34. The van der Waals surface area contributed by atoms with Gasteiger partial charge in [0.05, 0.1) is 17.9 Å². The fraction of sp³-hybridized carbons (Fsp3) is 0.652. The third kappa shape index (κ3) is 7.17. The third-order valence-corrected chi connectivity index (χ3v) is 8.24. The molecular weight excluding hydrogens is 487 g/mol. The van der Waals surface area contributed by atoms with Crippen molar-refractivity contribution in [1.82, 2.24) is 9.62 Å². The van der Waals surface area contributed by atoms with Crippen molar-refractivity contribution in [2.24, 2.45) is 5.92 Å². The molecule has 1 aliphatic heterocycles. The minimum absolute atomic E-state index is 0.0335. The van der Waals surface area contributed by atoms with Gasteiger partial charge in [-0.05, 0) is 64.7 Å². The van der Waals surface area contributed by atoms with Gasteiger partial charge in [-0.3, -0.25) is 9.59 Å². The number of anilines is 1. The number of sulfonamides is 1. The van der Waals surface area contributed by atoms with Crippen molar-refractivity contribution in [3.8, 4) is 0 Å². The average molecular weight is 520 g/mol. The van der Waals surface area contributed by atoms with E-state index in [9.17, 15) is 31.2 Å². The molecule has 1 heterocycles. The summed E-state index contributed by atoms with van der Waals surface area (Å²) in [5.41, 5.74) is 0.543. The van der Waals surface area contributed by atoms with Crippen LogP contribution in [0.1, 0.15) is 56.8 Å². The summed E-state index contributed by atoms with van der Waals surface area (Å²) in [4.78, 5) is 26.8. The highest BCUT2D eigenvalue weighted by Gasteiger charge is 2.46. The lowest BCUT2D eigenvalue weighted by molar-refractivity contribution is -0.247. The zero-order valence-corrected chi connectivity index (χ0v) is 20.8. The van der Waals surface area contributed by atoms with Crippen LogP contribution in [0.2, 0.25) is 0 Å². The van der Waals surface area contributed by atoms with Gasteiger partial charge in [0.25, 0.3) is 5.91 Å². The van der Waals surface area contributed by atoms with E-state index in [2.05, 4.69) is 10.0 Å². The molecule has 0 unspecified atom stereocenters. The highest BCUT2D eigenvalue weighted by Crippen LogP contribution is 2.29. The van der Waals surface area contributed by atoms with Crippen LogP contribution in [-0.2, 0) is 19.6 Å². The van der Waals surface area contributed by atoms with Gasteiger partial charge in [0.1, 0.15) is 0 Å². The van der Waals surface area contributed by atoms with Gasteiger partial charge >= 0.3 is 6.18 Å². The zero-order valence-electron chi connectivity index (χ0n) is 20.0. The largest absolute Gasteiger partial charge is 0.416 e. The van der Waals surface area contributed by atoms with E-state index in [-0.39, 0.29) is 30.0 Å². The summed E-state index contributed by atoms with van der Waals surface area (Å²) in [7, 11) is -3.38. The number of hydrogen-bond acceptors (Lipinski definition) is 5. The van der Waals surface area contributed by atoms with Crippen molar-refractivity contribution in [2.75, 3.05) is 18.4 Å². The maximum Gasteiger partial charge on any atom is 0.416 e. The van der Waals surface area contributed by atoms with Crippen molar-refractivity contribution in [2.45, 2.75) is 76.1 Å². The number of rotatable bonds is 6. The van der Waals surface area contributed by atoms with E-state index in [1.54, 1.807) is 26.0 Å². The van der Waals surface area contributed by atoms with E-state index in [0.29, 0.717) is 31.4 Å². The van der Waals surface area contributed by atoms with Crippen LogP contribution >= 0.6 is 0 Å². The van der Waals surface area contributed by atoms with Crippen LogP contribution < -0.4 is 10.0 Å². The Morgan fingerprint density at radius 1 is 1.11 bits per heavy atom. The highest BCUT2D eigenvalue weighted by molar-refractivity contribution is 7.90. The first-order valence-electron chi connectivity index (χ1n) is 11.7. The van der Waals surface area contributed by atoms with Gasteiger partial charge in [0, 0.05) is 29.8 Å². The molecule has 0 spiro atoms. The lowest BCUT2D eigenvalue weighted by atomic mass is 9.86. The lowest BCUT2D eigenvalue weighted by Crippen LogP contribution is -2.54. The number of ether oxygens (including phenoxy) is 1. The Balaban J connectivity index is 1.58. The number of carbonyl (C=O) groups is 2. The van der Waals surface area contributed by atoms with Crippen LogP contribution in [0.4, 0.5) is 18.9 Å². The van der Waals surface area contributed by atoms with Crippen molar-refractivity contribution < 1.29 is 35.9 Å². The van der Waals surface area contributed by atoms with E-state index in [0.717, 1.165) is 4.90 Å². The number of nitrogens with one attached hydrogen (secondary N) is 2. The molecule has 2 atom stereocenters. The fourth-order valence-corrected chi connectivity index (χ4v) is 5.27. The quantitative estimate of drug-likeness (QED) is 0.600. The van der Waals surface area contributed by atoms with Gasteiger partial charge in [-0.25, -0.2) is 13.1 Å². The Labute approximate surface area is 203 Å². The van der Waals surface area contributed by atoms with Crippen LogP contribution in [0.15, 0.2) is 24.3 Å². The number of amides is 2. The molecule has 8 nitrogen and oxygen atoms in total. The topological polar surface area (TPSA) is 105 Å². The maximum absolute atomic E-state index is 13.1. The molecule has 35 heavy (non-hydrogen) atoms. The SMILES string of the molecule is CC(C)S(=O)(=O)NC1CCC(C(=O)Nc2cccc(C(=O)N3C[C@@H](C)O[C@@H](C(F)(F)F)C3)c2)CC1. The van der Waals surface area contributed by atoms with E-state index in [1.807, 2.05) is 0 Å². The molecule has 12 heteroatoms. The van der Waals surface area contributed by atoms with E-state index >= 15 is 0 Å². The molecule has 2 amide bonds. The molecule has 0 aromatic heterocycles. The van der Waals surface area contributed by atoms with Gasteiger partial charge < -0.3 is 15.0 Å². The molecule has 2 aliphatic rings. The summed E-state index contributed by atoms with van der Waals surface area (Å²) < 4.78 is 71.1. The smallest absolute Gasteiger partial charge is 0.362 e. The molecule has 2 fully saturated rings. The van der Waals surface area contributed by atoms with Crippen LogP contribution in [0.25, 0.3) is 0 Å². The Bertz CT molecular complexity index is 1020. The Kier molecular flexibility index (Phi) is 8.48. The number of carbonyl (C=O) groups excluding carboxylic acids is 2. The number of alkyl halides is 3. The summed E-state index contributed by atoms with van der Waals surface area (Å²) in [5.74, 6) is -1.11. The first-order chi connectivity index (χ1) is 16.3. The fourth-order valence-electron chi connectivity index (χ4n) is 4.30. The minimum atomic E-state index is -4.57. The molecule has 1 aromatic rings. The number of morpholine rings is 1. The molecular formula is C23H32F3N3O5S. The van der Waals surface area contributed by atoms with Gasteiger partial charge in [0.15, 0.2) is 6.10 Å². The first kappa shape index (κ1) is 27.4. The molecule has 0 bridgehead atoms. The van der Waals surface area contributed by atoms with Crippen LogP contribution in [-0.4, -0.2) is 67.9 Å². The molecule has 3 rings (SSSR count). The van der Waals surface area contributed by atoms with Crippen molar-refractivity contribution in [3.05, 3.63) is 29.8 Å². The Morgan fingerprint density at radius 2 is 1.77 bits per heavy atom. The molecule has 1 saturated carbocycles. The summed E-state index contributed by atoms with van der Waals surface area (Å²) in [6.07, 6.45) is -5.27. The van der Waals surface area contributed by atoms with Crippen molar-refractivity contribution >= 4 is 27.5 Å². The monoisotopic (exact) mass is 519 g/mol. The average Bonchev–Trinajstić information content (AvgIpc) is 2.78. The predicted molar refractivity (Wildman–Crippen MR) is 124 cm³/mol. The standard InChI is InChI=1S/C23H32F3N3O5S/c1-14(2)35(32,33)28-18-9-7-16(8-10-18)21(30)27-19-6-4-5-17(11-19)22(31)29-12-15(3)34-20(13-29)23(24,25)26/h4-6,11,14-16,18,20,28H,7-10,12-13H2,1-3H3,(H,27,30)/t15-,16?,18?,20-/m1/s1. The first-order valence-corrected chi connectivity index (χ1v) is 13.2. The maximum atomic E-state index is 13.1. The number of benzene rings is 1. The Hall–Kier alpha value is -2.18. The molecule has 0 radical (unpaired) electrons. The van der Waals surface area contributed by atoms with E-state index in [4.69, 9.17) is 4.74 Å². The molecule has 196 valence electrons. The van der Waals surface area contributed by atoms with Crippen molar-refractivity contribution in [1.29, 1.82) is 0 Å². The lowest BCUT2D eigenvalue weighted by Gasteiger charge is -2.37. The highest BCUT2D eigenvalue weighted by atomic mass is 32.2. The molecule has 1 aliphatic carbocycles. The summed E-state index contributed by atoms with van der Waals surface area (Å²) in [6, 6.07) is 5.91. The number of hydrogen-bond donors (Lipinski definition) is 2. The van der Waals surface area contributed by atoms with Crippen LogP contribution in [0.3, 0.4) is 0 Å². The zero-order chi connectivity index (χ0) is 26.0. The number of nitrogens with zero attached hydrogens (tertiary/aromatic N) is 1. The normalized spacial score (nSPS) is 26.0. The summed E-state index contributed by atoms with van der Waals surface area (Å²) in [5, 5.41) is 2.25. The summed E-state index contributed by atoms with van der Waals surface area (Å²) >= 11 is 0. The summed E-state index contributed by atoms with van der Waals surface area (Å²) in [6.45, 7) is 4.14. The second-order valence-electron chi connectivity index (χ2n) is 9.52. The van der Waals surface area contributed by atoms with E-state index < -0.39 is 46.1 Å². The van der Waals surface area contributed by atoms with Gasteiger partial charge in [-0.2, -0.15) is 13.2 Å². The van der Waals surface area contributed by atoms with Crippen LogP contribution in [0, 0.1) is 5.92 Å². The van der Waals surface area contributed by atoms with Gasteiger partial charge in [-0.1, -0.05) is 6.07 Å². The number of halogens is 3. The van der Waals surface area contributed by atoms with Crippen LogP contribution in [0.5, 0.6) is 0 Å². The van der Waals surface area contributed by atoms with Gasteiger partial charge in [-0.15, -0.1) is 0 Å². The molecule has 2 N–H and O–H groups in total. The van der Waals surface area contributed by atoms with Gasteiger partial charge in [0.2, 0.25) is 15.9 Å². The molecule has 1 aromatic carbocycles. The second-order valence-corrected chi connectivity index (χ2v) is 11.8. The second kappa shape index (κ2) is 10.8. The predicted octanol–water partition coefficient (Wildman–Crippen LogP) is 3.30. The van der Waals surface area contributed by atoms with Crippen molar-refractivity contribution in [3.63, 3.8) is 0 Å². The minimum Gasteiger partial charge on any atom is -0.362 e.